The number of carboxylic acids is 1. The van der Waals surface area contributed by atoms with Crippen LogP contribution in [0, 0.1) is 5.92 Å². The molecule has 0 saturated heterocycles. The molecule has 1 saturated carbocycles. The number of methoxy groups -OCH3 is 1. The summed E-state index contributed by atoms with van der Waals surface area (Å²) in [5.41, 5.74) is 0.637. The summed E-state index contributed by atoms with van der Waals surface area (Å²) in [6.45, 7) is 3.67. The van der Waals surface area contributed by atoms with Crippen molar-refractivity contribution >= 4 is 22.4 Å². The molecule has 0 amide bonds. The number of thiazole rings is 1. The van der Waals surface area contributed by atoms with Gasteiger partial charge >= 0.3 is 5.97 Å². The van der Waals surface area contributed by atoms with Crippen LogP contribution in [0.2, 0.25) is 0 Å². The van der Waals surface area contributed by atoms with Gasteiger partial charge in [0.05, 0.1) is 18.7 Å². The lowest BCUT2D eigenvalue weighted by Gasteiger charge is -2.28. The van der Waals surface area contributed by atoms with Crippen LogP contribution in [0.4, 0.5) is 5.13 Å². The number of anilines is 1. The van der Waals surface area contributed by atoms with Gasteiger partial charge in [-0.2, -0.15) is 0 Å². The maximum Gasteiger partial charge on any atom is 0.309 e. The quantitative estimate of drug-likeness (QED) is 0.791. The molecule has 1 atom stereocenters. The van der Waals surface area contributed by atoms with Crippen LogP contribution in [0.15, 0.2) is 5.38 Å². The summed E-state index contributed by atoms with van der Waals surface area (Å²) in [5.74, 6) is -0.0980. The minimum Gasteiger partial charge on any atom is -0.481 e. The molecule has 106 valence electrons. The normalized spacial score (nSPS) is 16.3. The molecule has 1 heterocycles. The predicted octanol–water partition coefficient (Wildman–Crippen LogP) is 2.02. The van der Waals surface area contributed by atoms with E-state index in [4.69, 9.17) is 9.84 Å². The molecule has 2 rings (SSSR count). The zero-order valence-electron chi connectivity index (χ0n) is 11.3. The van der Waals surface area contributed by atoms with Crippen molar-refractivity contribution in [2.75, 3.05) is 25.2 Å². The zero-order valence-corrected chi connectivity index (χ0v) is 12.2. The second-order valence-corrected chi connectivity index (χ2v) is 5.79. The molecule has 0 bridgehead atoms. The van der Waals surface area contributed by atoms with Gasteiger partial charge in [-0.25, -0.2) is 4.98 Å². The number of nitrogens with zero attached hydrogens (tertiary/aromatic N) is 2. The smallest absolute Gasteiger partial charge is 0.309 e. The van der Waals surface area contributed by atoms with E-state index in [1.807, 2.05) is 5.38 Å². The summed E-state index contributed by atoms with van der Waals surface area (Å²) in [5, 5.41) is 11.5. The molecule has 1 N–H and O–H groups in total. The Bertz CT molecular complexity index is 431. The summed E-state index contributed by atoms with van der Waals surface area (Å²) in [6.07, 6.45) is 2.54. The van der Waals surface area contributed by atoms with Crippen LogP contribution in [0.25, 0.3) is 0 Å². The Kier molecular flexibility index (Phi) is 4.76. The van der Waals surface area contributed by atoms with Gasteiger partial charge in [0.1, 0.15) is 0 Å². The molecule has 1 fully saturated rings. The van der Waals surface area contributed by atoms with Crippen molar-refractivity contribution in [2.45, 2.75) is 32.2 Å². The number of ether oxygens (including phenoxy) is 1. The summed E-state index contributed by atoms with van der Waals surface area (Å²) < 4.78 is 5.16. The molecule has 0 aromatic carbocycles. The topological polar surface area (TPSA) is 62.7 Å². The van der Waals surface area contributed by atoms with E-state index in [0.29, 0.717) is 18.3 Å². The number of aliphatic carboxylic acids is 1. The highest BCUT2D eigenvalue weighted by atomic mass is 32.1. The molecule has 6 heteroatoms. The van der Waals surface area contributed by atoms with Gasteiger partial charge in [-0.15, -0.1) is 11.3 Å². The third-order valence-corrected chi connectivity index (χ3v) is 4.38. The van der Waals surface area contributed by atoms with Crippen molar-refractivity contribution in [3.05, 3.63) is 11.1 Å². The Morgan fingerprint density at radius 3 is 3.00 bits per heavy atom. The van der Waals surface area contributed by atoms with Crippen LogP contribution >= 0.6 is 11.3 Å². The molecular formula is C13H20N2O3S. The summed E-state index contributed by atoms with van der Waals surface area (Å²) in [7, 11) is 1.69. The first-order chi connectivity index (χ1) is 9.11. The number of hydrogen-bond donors (Lipinski definition) is 1. The molecule has 5 nitrogen and oxygen atoms in total. The van der Waals surface area contributed by atoms with Gasteiger partial charge in [0.15, 0.2) is 5.13 Å². The second-order valence-electron chi connectivity index (χ2n) is 4.96. The van der Waals surface area contributed by atoms with Gasteiger partial charge in [0, 0.05) is 25.1 Å². The lowest BCUT2D eigenvalue weighted by molar-refractivity contribution is -0.136. The fourth-order valence-corrected chi connectivity index (χ4v) is 3.10. The molecule has 1 aliphatic rings. The Hall–Kier alpha value is -1.14. The molecule has 19 heavy (non-hydrogen) atoms. The average molecular weight is 284 g/mol. The summed E-state index contributed by atoms with van der Waals surface area (Å²) in [6, 6.07) is 0.443. The lowest BCUT2D eigenvalue weighted by Crippen LogP contribution is -2.37. The van der Waals surface area contributed by atoms with Crippen molar-refractivity contribution in [3.8, 4) is 0 Å². The fourth-order valence-electron chi connectivity index (χ4n) is 2.16. The van der Waals surface area contributed by atoms with Crippen molar-refractivity contribution in [1.82, 2.24) is 4.98 Å². The van der Waals surface area contributed by atoms with E-state index < -0.39 is 5.97 Å². The number of carbonyl (C=O) groups is 1. The van der Waals surface area contributed by atoms with Gasteiger partial charge < -0.3 is 14.7 Å². The summed E-state index contributed by atoms with van der Waals surface area (Å²) in [4.78, 5) is 17.4. The molecular weight excluding hydrogens is 264 g/mol. The van der Waals surface area contributed by atoms with Crippen LogP contribution in [0.5, 0.6) is 0 Å². The van der Waals surface area contributed by atoms with Gasteiger partial charge in [-0.05, 0) is 25.7 Å². The first-order valence-electron chi connectivity index (χ1n) is 6.53. The Balaban J connectivity index is 2.07. The molecule has 0 spiro atoms. The Labute approximate surface area is 117 Å². The van der Waals surface area contributed by atoms with Gasteiger partial charge in [-0.3, -0.25) is 4.79 Å². The maximum atomic E-state index is 10.7. The van der Waals surface area contributed by atoms with E-state index in [9.17, 15) is 4.79 Å². The molecule has 1 aromatic heterocycles. The monoisotopic (exact) mass is 284 g/mol. The standard InChI is InChI=1S/C13H20N2O3S/c1-9(10-3-4-10)15(5-6-18-2)13-14-11(8-19-13)7-12(16)17/h8-10H,3-7H2,1-2H3,(H,16,17). The number of aromatic nitrogens is 1. The minimum atomic E-state index is -0.837. The molecule has 1 aromatic rings. The summed E-state index contributed by atoms with van der Waals surface area (Å²) >= 11 is 1.52. The van der Waals surface area contributed by atoms with E-state index in [0.717, 1.165) is 17.6 Å². The first kappa shape index (κ1) is 14.3. The third kappa shape index (κ3) is 3.91. The van der Waals surface area contributed by atoms with Gasteiger partial charge in [-0.1, -0.05) is 0 Å². The highest BCUT2D eigenvalue weighted by Crippen LogP contribution is 2.37. The van der Waals surface area contributed by atoms with Gasteiger partial charge in [0.2, 0.25) is 0 Å². The van der Waals surface area contributed by atoms with E-state index in [2.05, 4.69) is 16.8 Å². The predicted molar refractivity (Wildman–Crippen MR) is 74.9 cm³/mol. The second kappa shape index (κ2) is 6.34. The van der Waals surface area contributed by atoms with Crippen molar-refractivity contribution in [3.63, 3.8) is 0 Å². The van der Waals surface area contributed by atoms with Crippen molar-refractivity contribution < 1.29 is 14.6 Å². The van der Waals surface area contributed by atoms with Crippen LogP contribution < -0.4 is 4.90 Å². The van der Waals surface area contributed by atoms with Crippen LogP contribution in [-0.2, 0) is 16.0 Å². The van der Waals surface area contributed by atoms with Crippen LogP contribution in [0.1, 0.15) is 25.5 Å². The molecule has 1 aliphatic carbocycles. The van der Waals surface area contributed by atoms with Crippen molar-refractivity contribution in [1.29, 1.82) is 0 Å². The van der Waals surface area contributed by atoms with E-state index >= 15 is 0 Å². The fraction of sp³-hybridized carbons (Fsp3) is 0.692. The number of hydrogen-bond acceptors (Lipinski definition) is 5. The van der Waals surface area contributed by atoms with Gasteiger partial charge in [0.25, 0.3) is 0 Å². The third-order valence-electron chi connectivity index (χ3n) is 3.45. The van der Waals surface area contributed by atoms with E-state index in [1.54, 1.807) is 7.11 Å². The highest BCUT2D eigenvalue weighted by Gasteiger charge is 2.33. The number of carboxylic acid groups (broad SMARTS) is 1. The largest absolute Gasteiger partial charge is 0.481 e. The molecule has 0 aliphatic heterocycles. The Morgan fingerprint density at radius 1 is 1.68 bits per heavy atom. The van der Waals surface area contributed by atoms with Crippen molar-refractivity contribution in [2.24, 2.45) is 5.92 Å². The highest BCUT2D eigenvalue weighted by molar-refractivity contribution is 7.13. The van der Waals surface area contributed by atoms with Crippen LogP contribution in [-0.4, -0.2) is 42.4 Å². The maximum absolute atomic E-state index is 10.7. The molecule has 0 radical (unpaired) electrons. The number of rotatable bonds is 8. The molecule has 1 unspecified atom stereocenters. The van der Waals surface area contributed by atoms with Crippen LogP contribution in [0.3, 0.4) is 0 Å². The Morgan fingerprint density at radius 2 is 2.42 bits per heavy atom. The SMILES string of the molecule is COCCN(c1nc(CC(=O)O)cs1)C(C)C1CC1. The van der Waals surface area contributed by atoms with E-state index in [1.165, 1.54) is 24.2 Å². The zero-order chi connectivity index (χ0) is 13.8. The first-order valence-corrected chi connectivity index (χ1v) is 7.41. The average Bonchev–Trinajstić information content (AvgIpc) is 3.11. The minimum absolute atomic E-state index is 0.00751. The van der Waals surface area contributed by atoms with E-state index in [-0.39, 0.29) is 6.42 Å². The lowest BCUT2D eigenvalue weighted by atomic mass is 10.2.